The lowest BCUT2D eigenvalue weighted by Gasteiger charge is -2.62. The Morgan fingerprint density at radius 1 is 0.778 bits per heavy atom. The Balaban J connectivity index is 2.07. The lowest BCUT2D eigenvalue weighted by molar-refractivity contribution is -0.0337. The Hall–Kier alpha value is 0.0969. The average Bonchev–Trinajstić information content (AvgIpc) is 2.60. The molecule has 2 aliphatic carbocycles. The van der Waals surface area contributed by atoms with Crippen LogP contribution >= 0.6 is 0 Å². The molecule has 3 rings (SSSR count). The van der Waals surface area contributed by atoms with E-state index in [1.165, 1.54) is 64.2 Å². The van der Waals surface area contributed by atoms with Gasteiger partial charge in [-0.3, -0.25) is 4.57 Å². The third kappa shape index (κ3) is 4.06. The Labute approximate surface area is 169 Å². The van der Waals surface area contributed by atoms with Crippen LogP contribution in [0.25, 0.3) is 0 Å². The highest BCUT2D eigenvalue weighted by molar-refractivity contribution is 6.66. The fourth-order valence-corrected chi connectivity index (χ4v) is 12.6. The van der Waals surface area contributed by atoms with Gasteiger partial charge in [0.1, 0.15) is 0 Å². The minimum absolute atomic E-state index is 0.153. The summed E-state index contributed by atoms with van der Waals surface area (Å²) in [6.07, 6.45) is 13.6. The number of hydrogen-bond donors (Lipinski definition) is 0. The molecule has 158 valence electrons. The highest BCUT2D eigenvalue weighted by atomic mass is 28.4. The van der Waals surface area contributed by atoms with E-state index in [4.69, 9.17) is 8.85 Å². The molecular weight excluding hydrogens is 350 g/mol. The minimum Gasteiger partial charge on any atom is -0.383 e. The Kier molecular flexibility index (Phi) is 6.82. The van der Waals surface area contributed by atoms with Crippen LogP contribution in [0.1, 0.15) is 106 Å². The molecule has 0 amide bonds. The van der Waals surface area contributed by atoms with Crippen LogP contribution in [0, 0.1) is 11.8 Å². The van der Waals surface area contributed by atoms with Gasteiger partial charge in [-0.05, 0) is 85.5 Å². The standard InChI is InChI=1S/C23H45NO2Si/c1-7-25-27(26-8-2,24-22(3,4)17-12-18-23(24,5)6)21-16-11-14-19-13-9-10-15-20(19)21/h19-21H,7-18H2,1-6H3. The minimum atomic E-state index is -2.54. The van der Waals surface area contributed by atoms with E-state index < -0.39 is 8.72 Å². The summed E-state index contributed by atoms with van der Waals surface area (Å²) in [6.45, 7) is 15.7. The van der Waals surface area contributed by atoms with Crippen molar-refractivity contribution in [2.24, 2.45) is 11.8 Å². The fourth-order valence-electron chi connectivity index (χ4n) is 7.20. The van der Waals surface area contributed by atoms with Gasteiger partial charge in [0, 0.05) is 29.8 Å². The van der Waals surface area contributed by atoms with Crippen LogP contribution in [0.4, 0.5) is 0 Å². The SMILES string of the molecule is CCO[Si](OCC)(C1CCCC2CCCCC21)N1C(C)(C)CCCC1(C)C. The molecule has 4 heteroatoms. The molecule has 2 saturated carbocycles. The summed E-state index contributed by atoms with van der Waals surface area (Å²) in [4.78, 5) is 0. The van der Waals surface area contributed by atoms with Crippen molar-refractivity contribution in [3.05, 3.63) is 0 Å². The first-order chi connectivity index (χ1) is 12.8. The van der Waals surface area contributed by atoms with Gasteiger partial charge in [0.05, 0.1) is 0 Å². The summed E-state index contributed by atoms with van der Waals surface area (Å²) in [5.74, 6) is 1.74. The highest BCUT2D eigenvalue weighted by Gasteiger charge is 2.63. The molecule has 3 nitrogen and oxygen atoms in total. The Morgan fingerprint density at radius 3 is 1.93 bits per heavy atom. The maximum absolute atomic E-state index is 6.91. The molecule has 3 aliphatic rings. The monoisotopic (exact) mass is 395 g/mol. The van der Waals surface area contributed by atoms with Crippen LogP contribution in [0.3, 0.4) is 0 Å². The third-order valence-electron chi connectivity index (χ3n) is 7.85. The van der Waals surface area contributed by atoms with Crippen molar-refractivity contribution in [2.75, 3.05) is 13.2 Å². The number of hydrogen-bond acceptors (Lipinski definition) is 3. The number of fused-ring (bicyclic) bond motifs is 1. The number of rotatable bonds is 6. The van der Waals surface area contributed by atoms with Gasteiger partial charge >= 0.3 is 8.72 Å². The lowest BCUT2D eigenvalue weighted by atomic mass is 9.70. The topological polar surface area (TPSA) is 21.7 Å². The van der Waals surface area contributed by atoms with E-state index in [0.29, 0.717) is 5.54 Å². The van der Waals surface area contributed by atoms with Crippen LogP contribution in [-0.4, -0.2) is 37.6 Å². The molecule has 27 heavy (non-hydrogen) atoms. The van der Waals surface area contributed by atoms with Gasteiger partial charge in [0.15, 0.2) is 0 Å². The zero-order chi connectivity index (χ0) is 19.7. The Morgan fingerprint density at radius 2 is 1.33 bits per heavy atom. The van der Waals surface area contributed by atoms with Gasteiger partial charge in [0.25, 0.3) is 0 Å². The predicted molar refractivity (Wildman–Crippen MR) is 116 cm³/mol. The van der Waals surface area contributed by atoms with E-state index in [1.807, 2.05) is 0 Å². The van der Waals surface area contributed by atoms with Gasteiger partial charge in [-0.25, -0.2) is 0 Å². The first-order valence-electron chi connectivity index (χ1n) is 11.9. The first kappa shape index (κ1) is 21.8. The molecule has 0 aromatic rings. The molecule has 3 atom stereocenters. The summed E-state index contributed by atoms with van der Waals surface area (Å²) >= 11 is 0. The van der Waals surface area contributed by atoms with E-state index in [2.05, 4.69) is 46.1 Å². The van der Waals surface area contributed by atoms with E-state index in [9.17, 15) is 0 Å². The van der Waals surface area contributed by atoms with Gasteiger partial charge < -0.3 is 8.85 Å². The zero-order valence-corrected chi connectivity index (χ0v) is 20.0. The summed E-state index contributed by atoms with van der Waals surface area (Å²) in [5, 5.41) is 0. The van der Waals surface area contributed by atoms with Crippen molar-refractivity contribution in [3.63, 3.8) is 0 Å². The highest BCUT2D eigenvalue weighted by Crippen LogP contribution is 2.55. The van der Waals surface area contributed by atoms with Crippen LogP contribution in [0.2, 0.25) is 5.54 Å². The lowest BCUT2D eigenvalue weighted by Crippen LogP contribution is -2.76. The van der Waals surface area contributed by atoms with Crippen molar-refractivity contribution < 1.29 is 8.85 Å². The van der Waals surface area contributed by atoms with Gasteiger partial charge in [-0.15, -0.1) is 0 Å². The largest absolute Gasteiger partial charge is 0.432 e. The maximum atomic E-state index is 6.91. The molecule has 1 heterocycles. The Bertz CT molecular complexity index is 469. The fraction of sp³-hybridized carbons (Fsp3) is 1.00. The molecule has 0 N–H and O–H groups in total. The predicted octanol–water partition coefficient (Wildman–Crippen LogP) is 6.40. The van der Waals surface area contributed by atoms with E-state index in [1.54, 1.807) is 0 Å². The maximum Gasteiger partial charge on any atom is 0.432 e. The average molecular weight is 396 g/mol. The van der Waals surface area contributed by atoms with E-state index in [-0.39, 0.29) is 11.1 Å². The molecule has 0 radical (unpaired) electrons. The molecule has 1 saturated heterocycles. The van der Waals surface area contributed by atoms with Crippen molar-refractivity contribution >= 4 is 8.72 Å². The van der Waals surface area contributed by atoms with Gasteiger partial charge in [-0.1, -0.05) is 32.1 Å². The summed E-state index contributed by atoms with van der Waals surface area (Å²) < 4.78 is 16.7. The number of nitrogens with zero attached hydrogens (tertiary/aromatic N) is 1. The molecule has 0 spiro atoms. The molecular formula is C23H45NO2Si. The summed E-state index contributed by atoms with van der Waals surface area (Å²) in [6, 6.07) is 0. The summed E-state index contributed by atoms with van der Waals surface area (Å²) in [5.41, 5.74) is 0.938. The van der Waals surface area contributed by atoms with E-state index in [0.717, 1.165) is 25.0 Å². The second-order valence-electron chi connectivity index (χ2n) is 10.6. The molecule has 1 aliphatic heterocycles. The van der Waals surface area contributed by atoms with Crippen molar-refractivity contribution in [2.45, 2.75) is 122 Å². The molecule has 3 unspecified atom stereocenters. The molecule has 3 fully saturated rings. The molecule has 0 aromatic carbocycles. The van der Waals surface area contributed by atoms with Crippen LogP contribution in [0.15, 0.2) is 0 Å². The van der Waals surface area contributed by atoms with Crippen molar-refractivity contribution in [3.8, 4) is 0 Å². The third-order valence-corrected chi connectivity index (χ3v) is 12.7. The second-order valence-corrected chi connectivity index (χ2v) is 13.6. The van der Waals surface area contributed by atoms with Gasteiger partial charge in [-0.2, -0.15) is 0 Å². The van der Waals surface area contributed by atoms with Crippen LogP contribution < -0.4 is 0 Å². The van der Waals surface area contributed by atoms with Crippen LogP contribution in [0.5, 0.6) is 0 Å². The number of piperidine rings is 1. The smallest absolute Gasteiger partial charge is 0.383 e. The van der Waals surface area contributed by atoms with E-state index >= 15 is 0 Å². The molecule has 0 aromatic heterocycles. The van der Waals surface area contributed by atoms with Crippen LogP contribution in [-0.2, 0) is 8.85 Å². The quantitative estimate of drug-likeness (QED) is 0.486. The van der Waals surface area contributed by atoms with Crippen molar-refractivity contribution in [1.29, 1.82) is 0 Å². The van der Waals surface area contributed by atoms with Crippen molar-refractivity contribution in [1.82, 2.24) is 4.57 Å². The summed E-state index contributed by atoms with van der Waals surface area (Å²) in [7, 11) is -2.54. The first-order valence-corrected chi connectivity index (χ1v) is 13.7. The molecule has 0 bridgehead atoms. The van der Waals surface area contributed by atoms with Gasteiger partial charge in [0.2, 0.25) is 0 Å². The normalized spacial score (nSPS) is 34.2. The second kappa shape index (κ2) is 8.45. The zero-order valence-electron chi connectivity index (χ0n) is 19.0.